The Bertz CT molecular complexity index is 203. The number of hydrogen-bond donors (Lipinski definition) is 1. The zero-order chi connectivity index (χ0) is 11.5. The molecule has 0 aliphatic heterocycles. The first-order valence-corrected chi connectivity index (χ1v) is 7.10. The second-order valence-electron chi connectivity index (χ2n) is 6.25. The van der Waals surface area contributed by atoms with Crippen molar-refractivity contribution in [2.45, 2.75) is 58.0 Å². The zero-order valence-electron chi connectivity index (χ0n) is 11.2. The first kappa shape index (κ1) is 12.4. The molecule has 2 aliphatic rings. The van der Waals surface area contributed by atoms with E-state index < -0.39 is 0 Å². The van der Waals surface area contributed by atoms with Crippen LogP contribution in [-0.4, -0.2) is 37.1 Å². The van der Waals surface area contributed by atoms with E-state index in [0.717, 1.165) is 23.9 Å². The molecule has 94 valence electrons. The van der Waals surface area contributed by atoms with Crippen LogP contribution in [-0.2, 0) is 0 Å². The molecule has 0 heterocycles. The molecule has 0 spiro atoms. The Morgan fingerprint density at radius 2 is 1.94 bits per heavy atom. The molecule has 0 amide bonds. The highest BCUT2D eigenvalue weighted by atomic mass is 15.1. The SMILES string of the molecule is CC(C)CCN(C)C1CCC1CNC1CC1. The van der Waals surface area contributed by atoms with Crippen LogP contribution in [0.25, 0.3) is 0 Å². The van der Waals surface area contributed by atoms with E-state index in [1.165, 1.54) is 45.2 Å². The Morgan fingerprint density at radius 3 is 2.44 bits per heavy atom. The van der Waals surface area contributed by atoms with Gasteiger partial charge in [0.15, 0.2) is 0 Å². The van der Waals surface area contributed by atoms with E-state index in [1.807, 2.05) is 0 Å². The summed E-state index contributed by atoms with van der Waals surface area (Å²) in [5.41, 5.74) is 0. The minimum Gasteiger partial charge on any atom is -0.314 e. The Hall–Kier alpha value is -0.0800. The maximum absolute atomic E-state index is 3.68. The van der Waals surface area contributed by atoms with Crippen molar-refractivity contribution in [3.8, 4) is 0 Å². The number of rotatable bonds is 7. The normalized spacial score (nSPS) is 29.8. The molecule has 0 radical (unpaired) electrons. The van der Waals surface area contributed by atoms with Gasteiger partial charge in [-0.05, 0) is 64.1 Å². The molecule has 0 aromatic heterocycles. The fourth-order valence-electron chi connectivity index (χ4n) is 2.60. The molecular weight excluding hydrogens is 196 g/mol. The van der Waals surface area contributed by atoms with Crippen LogP contribution < -0.4 is 5.32 Å². The molecule has 0 aromatic rings. The highest BCUT2D eigenvalue weighted by molar-refractivity contribution is 4.91. The average Bonchev–Trinajstić information content (AvgIpc) is 2.97. The van der Waals surface area contributed by atoms with E-state index in [0.29, 0.717) is 0 Å². The molecule has 2 aliphatic carbocycles. The van der Waals surface area contributed by atoms with Crippen molar-refractivity contribution in [1.29, 1.82) is 0 Å². The van der Waals surface area contributed by atoms with Crippen LogP contribution in [0.3, 0.4) is 0 Å². The van der Waals surface area contributed by atoms with Gasteiger partial charge in [-0.1, -0.05) is 13.8 Å². The van der Waals surface area contributed by atoms with E-state index in [9.17, 15) is 0 Å². The fourth-order valence-corrected chi connectivity index (χ4v) is 2.60. The first-order chi connectivity index (χ1) is 7.66. The van der Waals surface area contributed by atoms with E-state index in [1.54, 1.807) is 0 Å². The van der Waals surface area contributed by atoms with Crippen molar-refractivity contribution >= 4 is 0 Å². The molecule has 16 heavy (non-hydrogen) atoms. The van der Waals surface area contributed by atoms with Gasteiger partial charge in [0.25, 0.3) is 0 Å². The molecule has 0 bridgehead atoms. The van der Waals surface area contributed by atoms with Crippen LogP contribution in [0.5, 0.6) is 0 Å². The number of nitrogens with zero attached hydrogens (tertiary/aromatic N) is 1. The Morgan fingerprint density at radius 1 is 1.19 bits per heavy atom. The summed E-state index contributed by atoms with van der Waals surface area (Å²) in [5, 5.41) is 3.68. The standard InChI is InChI=1S/C14H28N2/c1-11(2)8-9-16(3)14-7-4-12(14)10-15-13-5-6-13/h11-15H,4-10H2,1-3H3. The fraction of sp³-hybridized carbons (Fsp3) is 1.00. The van der Waals surface area contributed by atoms with Crippen LogP contribution in [0, 0.1) is 11.8 Å². The highest BCUT2D eigenvalue weighted by Gasteiger charge is 2.34. The van der Waals surface area contributed by atoms with Crippen LogP contribution in [0.4, 0.5) is 0 Å². The smallest absolute Gasteiger partial charge is 0.0133 e. The molecule has 2 nitrogen and oxygen atoms in total. The topological polar surface area (TPSA) is 15.3 Å². The van der Waals surface area contributed by atoms with Crippen molar-refractivity contribution in [1.82, 2.24) is 10.2 Å². The van der Waals surface area contributed by atoms with Crippen LogP contribution in [0.1, 0.15) is 46.0 Å². The summed E-state index contributed by atoms with van der Waals surface area (Å²) in [6.07, 6.45) is 7.04. The first-order valence-electron chi connectivity index (χ1n) is 7.10. The zero-order valence-corrected chi connectivity index (χ0v) is 11.2. The van der Waals surface area contributed by atoms with Gasteiger partial charge in [0, 0.05) is 12.1 Å². The second-order valence-corrected chi connectivity index (χ2v) is 6.25. The van der Waals surface area contributed by atoms with Gasteiger partial charge in [0.1, 0.15) is 0 Å². The average molecular weight is 224 g/mol. The monoisotopic (exact) mass is 224 g/mol. The van der Waals surface area contributed by atoms with Gasteiger partial charge in [-0.15, -0.1) is 0 Å². The summed E-state index contributed by atoms with van der Waals surface area (Å²) in [6.45, 7) is 7.19. The Kier molecular flexibility index (Phi) is 4.26. The molecule has 2 fully saturated rings. The molecule has 2 heteroatoms. The lowest BCUT2D eigenvalue weighted by molar-refractivity contribution is 0.0799. The van der Waals surface area contributed by atoms with Gasteiger partial charge in [-0.2, -0.15) is 0 Å². The van der Waals surface area contributed by atoms with E-state index in [2.05, 4.69) is 31.1 Å². The van der Waals surface area contributed by atoms with E-state index in [-0.39, 0.29) is 0 Å². The largest absolute Gasteiger partial charge is 0.314 e. The molecule has 1 N–H and O–H groups in total. The summed E-state index contributed by atoms with van der Waals surface area (Å²) in [4.78, 5) is 2.60. The van der Waals surface area contributed by atoms with Gasteiger partial charge < -0.3 is 10.2 Å². The molecule has 2 atom stereocenters. The Labute approximate surface area is 101 Å². The summed E-state index contributed by atoms with van der Waals surface area (Å²) in [5.74, 6) is 1.77. The Balaban J connectivity index is 1.63. The summed E-state index contributed by atoms with van der Waals surface area (Å²) in [6, 6.07) is 1.74. The molecule has 2 saturated carbocycles. The van der Waals surface area contributed by atoms with Gasteiger partial charge in [0.05, 0.1) is 0 Å². The quantitative estimate of drug-likeness (QED) is 0.715. The highest BCUT2D eigenvalue weighted by Crippen LogP contribution is 2.32. The van der Waals surface area contributed by atoms with Gasteiger partial charge >= 0.3 is 0 Å². The lowest BCUT2D eigenvalue weighted by atomic mass is 9.78. The third-order valence-electron chi connectivity index (χ3n) is 4.25. The van der Waals surface area contributed by atoms with Crippen molar-refractivity contribution in [3.05, 3.63) is 0 Å². The van der Waals surface area contributed by atoms with Gasteiger partial charge in [-0.25, -0.2) is 0 Å². The summed E-state index contributed by atoms with van der Waals surface area (Å²) >= 11 is 0. The molecule has 0 saturated heterocycles. The third-order valence-corrected chi connectivity index (χ3v) is 4.25. The maximum atomic E-state index is 3.68. The second kappa shape index (κ2) is 5.50. The lowest BCUT2D eigenvalue weighted by Crippen LogP contribution is -2.49. The van der Waals surface area contributed by atoms with Gasteiger partial charge in [0.2, 0.25) is 0 Å². The summed E-state index contributed by atoms with van der Waals surface area (Å²) in [7, 11) is 2.32. The van der Waals surface area contributed by atoms with Gasteiger partial charge in [-0.3, -0.25) is 0 Å². The third kappa shape index (κ3) is 3.46. The minimum absolute atomic E-state index is 0.838. The molecule has 2 unspecified atom stereocenters. The van der Waals surface area contributed by atoms with Crippen molar-refractivity contribution in [2.24, 2.45) is 11.8 Å². The molecule has 0 aromatic carbocycles. The predicted molar refractivity (Wildman–Crippen MR) is 69.6 cm³/mol. The number of hydrogen-bond acceptors (Lipinski definition) is 2. The van der Waals surface area contributed by atoms with Crippen molar-refractivity contribution in [3.63, 3.8) is 0 Å². The number of nitrogens with one attached hydrogen (secondary N) is 1. The minimum atomic E-state index is 0.838. The van der Waals surface area contributed by atoms with E-state index in [4.69, 9.17) is 0 Å². The van der Waals surface area contributed by atoms with Crippen molar-refractivity contribution < 1.29 is 0 Å². The van der Waals surface area contributed by atoms with Crippen LogP contribution in [0.15, 0.2) is 0 Å². The molecule has 2 rings (SSSR count). The van der Waals surface area contributed by atoms with Crippen LogP contribution >= 0.6 is 0 Å². The lowest BCUT2D eigenvalue weighted by Gasteiger charge is -2.43. The van der Waals surface area contributed by atoms with E-state index >= 15 is 0 Å². The predicted octanol–water partition coefficient (Wildman–Crippen LogP) is 2.49. The van der Waals surface area contributed by atoms with Crippen molar-refractivity contribution in [2.75, 3.05) is 20.1 Å². The van der Waals surface area contributed by atoms with Crippen LogP contribution in [0.2, 0.25) is 0 Å². The maximum Gasteiger partial charge on any atom is 0.0133 e. The molecular formula is C14H28N2. The summed E-state index contributed by atoms with van der Waals surface area (Å²) < 4.78 is 0.